The van der Waals surface area contributed by atoms with Crippen molar-refractivity contribution in [1.82, 2.24) is 4.98 Å². The maximum Gasteiger partial charge on any atom is 0.0705 e. The van der Waals surface area contributed by atoms with Crippen LogP contribution in [0, 0.1) is 6.92 Å². The van der Waals surface area contributed by atoms with Crippen LogP contribution in [0.3, 0.4) is 0 Å². The van der Waals surface area contributed by atoms with E-state index in [9.17, 15) is 0 Å². The fraction of sp³-hybridized carbons (Fsp3) is 0.154. The van der Waals surface area contributed by atoms with Gasteiger partial charge in [-0.3, -0.25) is 4.98 Å². The fourth-order valence-corrected chi connectivity index (χ4v) is 1.56. The Kier molecular flexibility index (Phi) is 2.79. The second-order valence-electron chi connectivity index (χ2n) is 3.59. The van der Waals surface area contributed by atoms with E-state index in [1.165, 1.54) is 5.56 Å². The molecule has 0 unspecified atom stereocenters. The Morgan fingerprint density at radius 2 is 1.93 bits per heavy atom. The van der Waals surface area contributed by atoms with E-state index < -0.39 is 0 Å². The molecule has 0 bridgehead atoms. The summed E-state index contributed by atoms with van der Waals surface area (Å²) in [6.07, 6.45) is 0. The van der Waals surface area contributed by atoms with Gasteiger partial charge in [0.1, 0.15) is 0 Å². The van der Waals surface area contributed by atoms with Gasteiger partial charge in [0.05, 0.1) is 11.4 Å². The molecule has 1 aromatic carbocycles. The number of benzene rings is 1. The highest BCUT2D eigenvalue weighted by atomic mass is 14.7. The van der Waals surface area contributed by atoms with Gasteiger partial charge in [-0.2, -0.15) is 0 Å². The van der Waals surface area contributed by atoms with Gasteiger partial charge in [-0.25, -0.2) is 0 Å². The van der Waals surface area contributed by atoms with Crippen molar-refractivity contribution >= 4 is 0 Å². The molecule has 2 N–H and O–H groups in total. The Hall–Kier alpha value is -1.67. The van der Waals surface area contributed by atoms with Crippen molar-refractivity contribution in [3.05, 3.63) is 53.7 Å². The third kappa shape index (κ3) is 2.22. The van der Waals surface area contributed by atoms with Crippen molar-refractivity contribution < 1.29 is 0 Å². The Labute approximate surface area is 89.8 Å². The minimum atomic E-state index is 0.486. The van der Waals surface area contributed by atoms with Crippen molar-refractivity contribution in [2.75, 3.05) is 0 Å². The molecule has 76 valence electrons. The molecule has 0 aliphatic rings. The minimum Gasteiger partial charge on any atom is -0.325 e. The van der Waals surface area contributed by atoms with Crippen LogP contribution in [0.15, 0.2) is 42.5 Å². The standard InChI is InChI=1S/C13H14N2/c1-10-4-2-5-11(8-10)13-7-3-6-12(9-14)15-13/h2-8H,9,14H2,1H3. The average Bonchev–Trinajstić information content (AvgIpc) is 2.29. The first-order chi connectivity index (χ1) is 7.29. The molecule has 0 aliphatic heterocycles. The number of aryl methyl sites for hydroxylation is 1. The third-order valence-corrected chi connectivity index (χ3v) is 2.33. The Balaban J connectivity index is 2.44. The summed E-state index contributed by atoms with van der Waals surface area (Å²) in [5.41, 5.74) is 9.86. The van der Waals surface area contributed by atoms with Gasteiger partial charge in [-0.15, -0.1) is 0 Å². The summed E-state index contributed by atoms with van der Waals surface area (Å²) in [5, 5.41) is 0. The lowest BCUT2D eigenvalue weighted by molar-refractivity contribution is 0.993. The van der Waals surface area contributed by atoms with Crippen LogP contribution in [-0.2, 0) is 6.54 Å². The molecule has 0 saturated carbocycles. The summed E-state index contributed by atoms with van der Waals surface area (Å²) in [6.45, 7) is 2.57. The van der Waals surface area contributed by atoms with E-state index in [0.29, 0.717) is 6.54 Å². The lowest BCUT2D eigenvalue weighted by atomic mass is 10.1. The molecule has 1 aromatic heterocycles. The Morgan fingerprint density at radius 3 is 2.67 bits per heavy atom. The van der Waals surface area contributed by atoms with Gasteiger partial charge in [0.15, 0.2) is 0 Å². The van der Waals surface area contributed by atoms with E-state index in [4.69, 9.17) is 5.73 Å². The molecular formula is C13H14N2. The smallest absolute Gasteiger partial charge is 0.0705 e. The number of pyridine rings is 1. The van der Waals surface area contributed by atoms with Gasteiger partial charge < -0.3 is 5.73 Å². The molecule has 0 radical (unpaired) electrons. The van der Waals surface area contributed by atoms with Crippen molar-refractivity contribution in [2.24, 2.45) is 5.73 Å². The zero-order chi connectivity index (χ0) is 10.7. The van der Waals surface area contributed by atoms with Crippen LogP contribution in [-0.4, -0.2) is 4.98 Å². The van der Waals surface area contributed by atoms with Crippen LogP contribution < -0.4 is 5.73 Å². The molecule has 1 heterocycles. The molecular weight excluding hydrogens is 184 g/mol. The number of nitrogens with zero attached hydrogens (tertiary/aromatic N) is 1. The topological polar surface area (TPSA) is 38.9 Å². The van der Waals surface area contributed by atoms with Crippen molar-refractivity contribution in [3.63, 3.8) is 0 Å². The Bertz CT molecular complexity index is 464. The van der Waals surface area contributed by atoms with Crippen LogP contribution in [0.25, 0.3) is 11.3 Å². The number of aromatic nitrogens is 1. The first-order valence-corrected chi connectivity index (χ1v) is 5.02. The summed E-state index contributed by atoms with van der Waals surface area (Å²) >= 11 is 0. The normalized spacial score (nSPS) is 10.3. The van der Waals surface area contributed by atoms with Gasteiger partial charge in [-0.05, 0) is 25.1 Å². The highest BCUT2D eigenvalue weighted by molar-refractivity contribution is 5.59. The molecule has 2 rings (SSSR count). The van der Waals surface area contributed by atoms with Crippen molar-refractivity contribution in [3.8, 4) is 11.3 Å². The lowest BCUT2D eigenvalue weighted by Gasteiger charge is -2.03. The van der Waals surface area contributed by atoms with E-state index in [1.54, 1.807) is 0 Å². The zero-order valence-corrected chi connectivity index (χ0v) is 8.77. The van der Waals surface area contributed by atoms with E-state index in [1.807, 2.05) is 24.3 Å². The second-order valence-corrected chi connectivity index (χ2v) is 3.59. The van der Waals surface area contributed by atoms with E-state index in [0.717, 1.165) is 17.0 Å². The summed E-state index contributed by atoms with van der Waals surface area (Å²) in [5.74, 6) is 0. The molecule has 0 spiro atoms. The second kappa shape index (κ2) is 4.24. The van der Waals surface area contributed by atoms with E-state index in [-0.39, 0.29) is 0 Å². The fourth-order valence-electron chi connectivity index (χ4n) is 1.56. The van der Waals surface area contributed by atoms with Crippen LogP contribution in [0.2, 0.25) is 0 Å². The van der Waals surface area contributed by atoms with Crippen LogP contribution in [0.5, 0.6) is 0 Å². The first-order valence-electron chi connectivity index (χ1n) is 5.02. The molecule has 0 saturated heterocycles. The van der Waals surface area contributed by atoms with Crippen molar-refractivity contribution in [2.45, 2.75) is 13.5 Å². The Morgan fingerprint density at radius 1 is 1.13 bits per heavy atom. The minimum absolute atomic E-state index is 0.486. The van der Waals surface area contributed by atoms with E-state index in [2.05, 4.69) is 30.1 Å². The summed E-state index contributed by atoms with van der Waals surface area (Å²) in [6, 6.07) is 14.3. The molecule has 2 aromatic rings. The largest absolute Gasteiger partial charge is 0.325 e. The predicted molar refractivity (Wildman–Crippen MR) is 62.3 cm³/mol. The molecule has 0 aliphatic carbocycles. The first kappa shape index (κ1) is 9.87. The molecule has 2 heteroatoms. The number of nitrogens with two attached hydrogens (primary N) is 1. The van der Waals surface area contributed by atoms with Crippen LogP contribution in [0.1, 0.15) is 11.3 Å². The zero-order valence-electron chi connectivity index (χ0n) is 8.77. The maximum absolute atomic E-state index is 5.56. The highest BCUT2D eigenvalue weighted by Crippen LogP contribution is 2.18. The van der Waals surface area contributed by atoms with Crippen LogP contribution in [0.4, 0.5) is 0 Å². The van der Waals surface area contributed by atoms with Gasteiger partial charge >= 0.3 is 0 Å². The average molecular weight is 198 g/mol. The highest BCUT2D eigenvalue weighted by Gasteiger charge is 1.99. The van der Waals surface area contributed by atoms with Gasteiger partial charge in [0.25, 0.3) is 0 Å². The van der Waals surface area contributed by atoms with Gasteiger partial charge in [0.2, 0.25) is 0 Å². The molecule has 15 heavy (non-hydrogen) atoms. The summed E-state index contributed by atoms with van der Waals surface area (Å²) in [4.78, 5) is 4.48. The summed E-state index contributed by atoms with van der Waals surface area (Å²) in [7, 11) is 0. The summed E-state index contributed by atoms with van der Waals surface area (Å²) < 4.78 is 0. The van der Waals surface area contributed by atoms with Crippen LogP contribution >= 0.6 is 0 Å². The maximum atomic E-state index is 5.56. The lowest BCUT2D eigenvalue weighted by Crippen LogP contribution is -1.99. The molecule has 0 fully saturated rings. The molecule has 2 nitrogen and oxygen atoms in total. The number of hydrogen-bond acceptors (Lipinski definition) is 2. The van der Waals surface area contributed by atoms with Crippen molar-refractivity contribution in [1.29, 1.82) is 0 Å². The molecule has 0 atom stereocenters. The monoisotopic (exact) mass is 198 g/mol. The van der Waals surface area contributed by atoms with Gasteiger partial charge in [0, 0.05) is 12.1 Å². The number of hydrogen-bond donors (Lipinski definition) is 1. The number of rotatable bonds is 2. The molecule has 0 amide bonds. The quantitative estimate of drug-likeness (QED) is 0.805. The van der Waals surface area contributed by atoms with Gasteiger partial charge in [-0.1, -0.05) is 29.8 Å². The van der Waals surface area contributed by atoms with E-state index >= 15 is 0 Å². The predicted octanol–water partition coefficient (Wildman–Crippen LogP) is 2.52. The third-order valence-electron chi connectivity index (χ3n) is 2.33. The SMILES string of the molecule is Cc1cccc(-c2cccc(CN)n2)c1.